The molecular weight excluding hydrogens is 359 g/mol. The molecule has 0 fully saturated rings. The topological polar surface area (TPSA) is 38.0 Å². The first-order chi connectivity index (χ1) is 9.70. The van der Waals surface area contributed by atoms with Crippen molar-refractivity contribution in [1.82, 2.24) is 5.43 Å². The number of hydrazine groups is 1. The van der Waals surface area contributed by atoms with Crippen molar-refractivity contribution in [1.29, 1.82) is 0 Å². The minimum Gasteiger partial charge on any atom is -0.271 e. The van der Waals surface area contributed by atoms with Crippen LogP contribution in [0.4, 0.5) is 4.39 Å². The molecule has 0 radical (unpaired) electrons. The molecule has 1 aliphatic rings. The highest BCUT2D eigenvalue weighted by Crippen LogP contribution is 2.37. The van der Waals surface area contributed by atoms with Crippen LogP contribution in [0, 0.1) is 5.82 Å². The van der Waals surface area contributed by atoms with E-state index in [1.165, 1.54) is 16.2 Å². The van der Waals surface area contributed by atoms with Gasteiger partial charge in [0.25, 0.3) is 0 Å². The van der Waals surface area contributed by atoms with Crippen molar-refractivity contribution in [3.05, 3.63) is 55.4 Å². The van der Waals surface area contributed by atoms with Gasteiger partial charge in [-0.2, -0.15) is 11.8 Å². The van der Waals surface area contributed by atoms with Crippen molar-refractivity contribution in [2.45, 2.75) is 18.2 Å². The predicted molar refractivity (Wildman–Crippen MR) is 87.5 cm³/mol. The Balaban J connectivity index is 2.01. The average molecular weight is 373 g/mol. The molecule has 20 heavy (non-hydrogen) atoms. The lowest BCUT2D eigenvalue weighted by molar-refractivity contribution is 0.559. The summed E-state index contributed by atoms with van der Waals surface area (Å²) < 4.78 is 14.7. The van der Waals surface area contributed by atoms with Gasteiger partial charge in [-0.15, -0.1) is 11.3 Å². The Hall–Kier alpha value is -0.400. The van der Waals surface area contributed by atoms with Crippen molar-refractivity contribution in [2.24, 2.45) is 5.84 Å². The van der Waals surface area contributed by atoms with E-state index >= 15 is 0 Å². The molecule has 2 heterocycles. The summed E-state index contributed by atoms with van der Waals surface area (Å²) in [5.74, 6) is 7.64. The maximum atomic E-state index is 14.3. The molecule has 3 N–H and O–H groups in total. The minimum absolute atomic E-state index is 0.254. The largest absolute Gasteiger partial charge is 0.271 e. The van der Waals surface area contributed by atoms with Crippen LogP contribution in [0.1, 0.15) is 26.9 Å². The van der Waals surface area contributed by atoms with Gasteiger partial charge in [0.05, 0.1) is 10.5 Å². The van der Waals surface area contributed by atoms with Crippen molar-refractivity contribution >= 4 is 39.0 Å². The third-order valence-electron chi connectivity index (χ3n) is 3.39. The number of nitrogens with one attached hydrogen (secondary N) is 1. The summed E-state index contributed by atoms with van der Waals surface area (Å²) in [5, 5.41) is 0. The van der Waals surface area contributed by atoms with Gasteiger partial charge in [0, 0.05) is 21.1 Å². The smallest absolute Gasteiger partial charge is 0.142 e. The van der Waals surface area contributed by atoms with Crippen molar-refractivity contribution in [3.8, 4) is 0 Å². The molecule has 0 bridgehead atoms. The number of halogens is 2. The standard InChI is InChI=1S/C14H14BrFN2S2/c15-10-3-1-2-9(13(10)16)14(18-17)12-6-8-7-19-5-4-11(8)20-12/h1-3,6,14,18H,4-5,7,17H2. The van der Waals surface area contributed by atoms with Gasteiger partial charge in [0.1, 0.15) is 5.82 Å². The van der Waals surface area contributed by atoms with Gasteiger partial charge in [-0.1, -0.05) is 12.1 Å². The van der Waals surface area contributed by atoms with E-state index in [2.05, 4.69) is 27.4 Å². The second kappa shape index (κ2) is 6.15. The summed E-state index contributed by atoms with van der Waals surface area (Å²) in [6, 6.07) is 7.17. The van der Waals surface area contributed by atoms with Crippen LogP contribution in [-0.2, 0) is 12.2 Å². The molecule has 1 aliphatic heterocycles. The molecule has 1 aromatic carbocycles. The Kier molecular flexibility index (Phi) is 4.47. The van der Waals surface area contributed by atoms with Crippen molar-refractivity contribution < 1.29 is 4.39 Å². The van der Waals surface area contributed by atoms with Gasteiger partial charge in [0.2, 0.25) is 0 Å². The first-order valence-electron chi connectivity index (χ1n) is 6.30. The lowest BCUT2D eigenvalue weighted by Crippen LogP contribution is -2.29. The Labute approximate surface area is 134 Å². The summed E-state index contributed by atoms with van der Waals surface area (Å²) >= 11 is 6.91. The SMILES string of the molecule is NNC(c1cc2c(s1)CCSC2)c1cccc(Br)c1F. The highest BCUT2D eigenvalue weighted by atomic mass is 79.9. The average Bonchev–Trinajstić information content (AvgIpc) is 2.87. The normalized spacial score (nSPS) is 15.9. The van der Waals surface area contributed by atoms with E-state index in [0.717, 1.165) is 17.1 Å². The molecule has 0 saturated carbocycles. The van der Waals surface area contributed by atoms with Crippen LogP contribution in [0.5, 0.6) is 0 Å². The van der Waals surface area contributed by atoms with Gasteiger partial charge in [-0.3, -0.25) is 5.84 Å². The predicted octanol–water partition coefficient (Wildman–Crippen LogP) is 3.99. The third kappa shape index (κ3) is 2.67. The van der Waals surface area contributed by atoms with Crippen LogP contribution in [0.2, 0.25) is 0 Å². The molecule has 2 nitrogen and oxygen atoms in total. The van der Waals surface area contributed by atoms with E-state index < -0.39 is 0 Å². The summed E-state index contributed by atoms with van der Waals surface area (Å²) in [4.78, 5) is 2.49. The monoisotopic (exact) mass is 372 g/mol. The van der Waals surface area contributed by atoms with Crippen LogP contribution >= 0.6 is 39.0 Å². The fourth-order valence-electron chi connectivity index (χ4n) is 2.38. The number of hydrogen-bond acceptors (Lipinski definition) is 4. The molecule has 106 valence electrons. The molecule has 1 unspecified atom stereocenters. The second-order valence-corrected chi connectivity index (χ2v) is 7.77. The fourth-order valence-corrected chi connectivity index (χ4v) is 5.22. The number of fused-ring (bicyclic) bond motifs is 1. The first kappa shape index (κ1) is 14.5. The molecule has 1 aromatic heterocycles. The molecule has 3 rings (SSSR count). The van der Waals surface area contributed by atoms with Crippen LogP contribution in [0.3, 0.4) is 0 Å². The van der Waals surface area contributed by atoms with Crippen LogP contribution in [-0.4, -0.2) is 5.75 Å². The maximum absolute atomic E-state index is 14.3. The van der Waals surface area contributed by atoms with Gasteiger partial charge in [-0.05, 0) is 45.8 Å². The van der Waals surface area contributed by atoms with Crippen LogP contribution < -0.4 is 11.3 Å². The van der Waals surface area contributed by atoms with E-state index in [4.69, 9.17) is 5.84 Å². The molecule has 2 aromatic rings. The molecule has 6 heteroatoms. The van der Waals surface area contributed by atoms with Gasteiger partial charge < -0.3 is 0 Å². The van der Waals surface area contributed by atoms with E-state index in [1.54, 1.807) is 23.5 Å². The second-order valence-electron chi connectivity index (χ2n) is 4.64. The Morgan fingerprint density at radius 3 is 3.00 bits per heavy atom. The number of rotatable bonds is 3. The Morgan fingerprint density at radius 1 is 1.40 bits per heavy atom. The number of nitrogens with two attached hydrogens (primary N) is 1. The first-order valence-corrected chi connectivity index (χ1v) is 9.06. The summed E-state index contributed by atoms with van der Waals surface area (Å²) in [5.41, 5.74) is 4.70. The molecule has 0 spiro atoms. The number of hydrogen-bond donors (Lipinski definition) is 2. The Bertz CT molecular complexity index is 606. The van der Waals surface area contributed by atoms with Gasteiger partial charge >= 0.3 is 0 Å². The number of thioether (sulfide) groups is 1. The minimum atomic E-state index is -0.298. The van der Waals surface area contributed by atoms with E-state index in [1.807, 2.05) is 17.8 Å². The van der Waals surface area contributed by atoms with Gasteiger partial charge in [-0.25, -0.2) is 9.82 Å². The van der Waals surface area contributed by atoms with E-state index in [-0.39, 0.29) is 11.9 Å². The number of thiophene rings is 1. The molecule has 0 amide bonds. The lowest BCUT2D eigenvalue weighted by Gasteiger charge is -2.16. The van der Waals surface area contributed by atoms with Crippen molar-refractivity contribution in [2.75, 3.05) is 5.75 Å². The Morgan fingerprint density at radius 2 is 2.25 bits per heavy atom. The summed E-state index contributed by atoms with van der Waals surface area (Å²) in [6.07, 6.45) is 1.10. The maximum Gasteiger partial charge on any atom is 0.142 e. The van der Waals surface area contributed by atoms with Crippen LogP contribution in [0.15, 0.2) is 28.7 Å². The molecule has 1 atom stereocenters. The number of aryl methyl sites for hydroxylation is 1. The fraction of sp³-hybridized carbons (Fsp3) is 0.286. The zero-order chi connectivity index (χ0) is 14.1. The third-order valence-corrected chi connectivity index (χ3v) is 6.31. The molecule has 0 aliphatic carbocycles. The highest BCUT2D eigenvalue weighted by Gasteiger charge is 2.22. The van der Waals surface area contributed by atoms with Gasteiger partial charge in [0.15, 0.2) is 0 Å². The van der Waals surface area contributed by atoms with Crippen molar-refractivity contribution in [3.63, 3.8) is 0 Å². The quantitative estimate of drug-likeness (QED) is 0.631. The highest BCUT2D eigenvalue weighted by molar-refractivity contribution is 9.10. The number of benzene rings is 1. The summed E-state index contributed by atoms with van der Waals surface area (Å²) in [6.45, 7) is 0. The van der Waals surface area contributed by atoms with Crippen LogP contribution in [0.25, 0.3) is 0 Å². The lowest BCUT2D eigenvalue weighted by atomic mass is 10.0. The molecule has 0 saturated heterocycles. The van der Waals surface area contributed by atoms with E-state index in [0.29, 0.717) is 10.0 Å². The zero-order valence-corrected chi connectivity index (χ0v) is 13.9. The zero-order valence-electron chi connectivity index (χ0n) is 10.7. The summed E-state index contributed by atoms with van der Waals surface area (Å²) in [7, 11) is 0. The van der Waals surface area contributed by atoms with E-state index in [9.17, 15) is 4.39 Å². The molecular formula is C14H14BrFN2S2.